The van der Waals surface area contributed by atoms with Crippen molar-refractivity contribution in [1.29, 1.82) is 0 Å². The Kier molecular flexibility index (Phi) is 7.93. The third-order valence-corrected chi connectivity index (χ3v) is 15.0. The molecule has 4 aliphatic rings. The Morgan fingerprint density at radius 1 is 0.589 bits per heavy atom. The van der Waals surface area contributed by atoms with E-state index in [2.05, 4.69) is 13.2 Å². The molecule has 0 saturated heterocycles. The van der Waals surface area contributed by atoms with E-state index in [9.17, 15) is 13.3 Å². The lowest BCUT2D eigenvalue weighted by atomic mass is 10.1. The fraction of sp³-hybridized carbons (Fsp3) is 0.0769. The molecular formula is C39H24AlF4N8O3P. The molecule has 0 fully saturated rings. The molecule has 6 heterocycles. The van der Waals surface area contributed by atoms with E-state index in [1.54, 1.807) is 13.2 Å². The van der Waals surface area contributed by atoms with Gasteiger partial charge < -0.3 is 15.2 Å². The van der Waals surface area contributed by atoms with Crippen LogP contribution in [0, 0.1) is 23.3 Å². The summed E-state index contributed by atoms with van der Waals surface area (Å²) in [7, 11) is -4.12. The molecule has 0 amide bonds. The summed E-state index contributed by atoms with van der Waals surface area (Å²) >= 11 is -3.83. The molecule has 1 atom stereocenters. The first-order chi connectivity index (χ1) is 27.1. The summed E-state index contributed by atoms with van der Waals surface area (Å²) < 4.78 is 91.7. The van der Waals surface area contributed by atoms with Crippen LogP contribution < -0.4 is 11.0 Å². The van der Waals surface area contributed by atoms with Gasteiger partial charge in [-0.2, -0.15) is 0 Å². The van der Waals surface area contributed by atoms with Crippen molar-refractivity contribution in [3.63, 3.8) is 0 Å². The quantitative estimate of drug-likeness (QED) is 0.0690. The molecule has 0 spiro atoms. The number of halogens is 4. The number of rotatable bonds is 8. The van der Waals surface area contributed by atoms with Gasteiger partial charge in [-0.15, -0.1) is 13.2 Å². The highest BCUT2D eigenvalue weighted by Gasteiger charge is 2.47. The maximum atomic E-state index is 15.4. The second-order valence-corrected chi connectivity index (χ2v) is 17.6. The predicted molar refractivity (Wildman–Crippen MR) is 205 cm³/mol. The van der Waals surface area contributed by atoms with Gasteiger partial charge in [0.1, 0.15) is 45.9 Å². The van der Waals surface area contributed by atoms with E-state index in [4.69, 9.17) is 38.1 Å². The first-order valence-electron chi connectivity index (χ1n) is 17.3. The minimum absolute atomic E-state index is 0.0717. The Balaban J connectivity index is 1.46. The molecule has 0 radical (unpaired) electrons. The molecule has 10 rings (SSSR count). The molecule has 6 aromatic rings. The van der Waals surface area contributed by atoms with Crippen LogP contribution in [-0.2, 0) is 12.7 Å². The minimum Gasteiger partial charge on any atom is -0.395 e. The number of amidine groups is 4. The molecule has 0 aliphatic carbocycles. The average Bonchev–Trinajstić information content (AvgIpc) is 3.87. The van der Waals surface area contributed by atoms with Gasteiger partial charge in [0.05, 0.1) is 12.8 Å². The Morgan fingerprint density at radius 3 is 1.75 bits per heavy atom. The molecule has 4 aliphatic heterocycles. The van der Waals surface area contributed by atoms with Crippen LogP contribution in [0.15, 0.2) is 128 Å². The van der Waals surface area contributed by atoms with Gasteiger partial charge in [0, 0.05) is 43.8 Å². The van der Waals surface area contributed by atoms with E-state index >= 15 is 8.78 Å². The molecular weight excluding hydrogens is 762 g/mol. The van der Waals surface area contributed by atoms with E-state index in [0.29, 0.717) is 33.0 Å². The zero-order valence-corrected chi connectivity index (χ0v) is 31.0. The summed E-state index contributed by atoms with van der Waals surface area (Å²) in [4.78, 5) is 29.6. The van der Waals surface area contributed by atoms with Crippen LogP contribution in [0.3, 0.4) is 0 Å². The van der Waals surface area contributed by atoms with Crippen LogP contribution in [0.1, 0.15) is 28.7 Å². The summed E-state index contributed by atoms with van der Waals surface area (Å²) in [5.41, 5.74) is 1.73. The van der Waals surface area contributed by atoms with Crippen LogP contribution in [0.2, 0.25) is 0 Å². The van der Waals surface area contributed by atoms with Gasteiger partial charge in [-0.05, 0) is 79.2 Å². The SMILES string of the molecule is C=CCCP(=O)(OCC=C)[O][Al]1[n]2c3c4cc(F)ccc4c2N=C2N=C(N=c4c5cc(F)ccc5c([n]41)=NC1=NC(=N3)c3ccc(F)cc31)c1ccc(F)cc12. The van der Waals surface area contributed by atoms with E-state index in [1.165, 1.54) is 78.9 Å². The Hall–Kier alpha value is -5.88. The number of allylic oxidation sites excluding steroid dienone is 1. The van der Waals surface area contributed by atoms with Crippen molar-refractivity contribution in [2.24, 2.45) is 30.0 Å². The number of nitrogens with zero attached hydrogens (tertiary/aromatic N) is 8. The van der Waals surface area contributed by atoms with Crippen molar-refractivity contribution in [3.05, 3.63) is 155 Å². The summed E-state index contributed by atoms with van der Waals surface area (Å²) in [5, 5.41) is 1.30. The fourth-order valence-corrected chi connectivity index (χ4v) is 12.7. The molecule has 17 heteroatoms. The molecule has 4 aromatic carbocycles. The number of aliphatic imine (C=N–C) groups is 4. The normalized spacial score (nSPS) is 15.8. The number of hydrogen-bond acceptors (Lipinski definition) is 9. The third-order valence-electron chi connectivity index (χ3n) is 9.73. The van der Waals surface area contributed by atoms with Gasteiger partial charge >= 0.3 is 22.5 Å². The minimum atomic E-state index is -4.12. The molecule has 0 N–H and O–H groups in total. The molecule has 11 nitrogen and oxygen atoms in total. The standard InChI is InChI=1S/C32H12F4N8.C7H13O3P.Al/c33-13-1-5-17-21(9-13)29-37-25(17)41-30-22-10-14(34)2-6-18(22)27(38-30)43-32-24-12-16(36)4-8-20(24)28(40-32)44-31-23-11-15(35)3-7-19(23)26(39-31)42-29;1-3-5-7-11(8,9)10-6-4-2;/h1-12H;3-4H,1-2,5-7H2,(H,8,9);/q-2;;+3/p-1. The summed E-state index contributed by atoms with van der Waals surface area (Å²) in [5.74, 6) is -1.68. The van der Waals surface area contributed by atoms with Gasteiger partial charge in [0.15, 0.2) is 23.3 Å². The molecule has 56 heavy (non-hydrogen) atoms. The van der Waals surface area contributed by atoms with Crippen LogP contribution in [-0.4, -0.2) is 58.1 Å². The fourth-order valence-electron chi connectivity index (χ4n) is 7.28. The van der Waals surface area contributed by atoms with Crippen LogP contribution in [0.4, 0.5) is 29.2 Å². The van der Waals surface area contributed by atoms with Crippen LogP contribution in [0.25, 0.3) is 21.5 Å². The number of benzene rings is 4. The van der Waals surface area contributed by atoms with Crippen molar-refractivity contribution >= 4 is 79.0 Å². The smallest absolute Gasteiger partial charge is 0.395 e. The lowest BCUT2D eigenvalue weighted by Gasteiger charge is -2.24. The average molecular weight is 787 g/mol. The van der Waals surface area contributed by atoms with Gasteiger partial charge in [0.25, 0.3) is 0 Å². The highest BCUT2D eigenvalue weighted by atomic mass is 31.2. The van der Waals surface area contributed by atoms with Gasteiger partial charge in [-0.1, -0.05) is 12.2 Å². The maximum absolute atomic E-state index is 15.4. The zero-order chi connectivity index (χ0) is 38.5. The predicted octanol–water partition coefficient (Wildman–Crippen LogP) is 7.47. The topological polar surface area (TPSA) is 120 Å². The second-order valence-electron chi connectivity index (χ2n) is 13.2. The first kappa shape index (κ1) is 34.6. The largest absolute Gasteiger partial charge is 0.816 e. The van der Waals surface area contributed by atoms with Gasteiger partial charge in [-0.3, -0.25) is 4.57 Å². The van der Waals surface area contributed by atoms with Crippen LogP contribution in [0.5, 0.6) is 0 Å². The Bertz CT molecular complexity index is 3100. The lowest BCUT2D eigenvalue weighted by Crippen LogP contribution is -2.48. The third kappa shape index (κ3) is 5.37. The Labute approximate surface area is 319 Å². The van der Waals surface area contributed by atoms with Gasteiger partial charge in [0.2, 0.25) is 0 Å². The highest BCUT2D eigenvalue weighted by molar-refractivity contribution is 7.55. The number of hydrogen-bond donors (Lipinski definition) is 0. The van der Waals surface area contributed by atoms with E-state index in [0.717, 1.165) is 0 Å². The summed E-state index contributed by atoms with van der Waals surface area (Å²) in [6.45, 7) is 7.38. The van der Waals surface area contributed by atoms with E-state index in [-0.39, 0.29) is 75.9 Å². The first-order valence-corrected chi connectivity index (χ1v) is 20.6. The summed E-state index contributed by atoms with van der Waals surface area (Å²) in [6.07, 6.45) is 3.15. The van der Waals surface area contributed by atoms with Crippen molar-refractivity contribution in [3.8, 4) is 0 Å². The highest BCUT2D eigenvalue weighted by Crippen LogP contribution is 2.51. The summed E-state index contributed by atoms with van der Waals surface area (Å²) in [6, 6.07) is 16.2. The number of fused-ring (bicyclic) bond motifs is 14. The van der Waals surface area contributed by atoms with Crippen molar-refractivity contribution in [2.45, 2.75) is 6.42 Å². The number of aromatic nitrogens is 2. The van der Waals surface area contributed by atoms with Crippen molar-refractivity contribution < 1.29 is 30.2 Å². The maximum Gasteiger partial charge on any atom is 0.816 e. The zero-order valence-electron chi connectivity index (χ0n) is 29.0. The molecule has 0 saturated carbocycles. The van der Waals surface area contributed by atoms with Crippen molar-refractivity contribution in [1.82, 2.24) is 7.10 Å². The Morgan fingerprint density at radius 2 is 1.11 bits per heavy atom. The lowest BCUT2D eigenvalue weighted by molar-refractivity contribution is 0.290. The molecule has 1 unspecified atom stereocenters. The molecule has 6 bridgehead atoms. The second kappa shape index (κ2) is 12.8. The van der Waals surface area contributed by atoms with Crippen LogP contribution >= 0.6 is 7.60 Å². The molecule has 2 aromatic heterocycles. The van der Waals surface area contributed by atoms with Crippen molar-refractivity contribution in [2.75, 3.05) is 12.8 Å². The van der Waals surface area contributed by atoms with Gasteiger partial charge in [-0.25, -0.2) is 47.5 Å². The van der Waals surface area contributed by atoms with E-state index < -0.39 is 45.8 Å². The molecule has 274 valence electrons. The van der Waals surface area contributed by atoms with E-state index in [1.807, 2.05) is 0 Å². The monoisotopic (exact) mass is 786 g/mol.